The molecule has 1 aromatic heterocycles. The Morgan fingerprint density at radius 2 is 2.17 bits per heavy atom. The summed E-state index contributed by atoms with van der Waals surface area (Å²) in [6.45, 7) is 3.50. The first-order chi connectivity index (χ1) is 11.0. The smallest absolute Gasteiger partial charge is 0.219 e. The lowest BCUT2D eigenvalue weighted by Gasteiger charge is -2.32. The van der Waals surface area contributed by atoms with E-state index >= 15 is 0 Å². The molecule has 9 heteroatoms. The predicted molar refractivity (Wildman–Crippen MR) is 109 cm³/mol. The fourth-order valence-electron chi connectivity index (χ4n) is 2.53. The van der Waals surface area contributed by atoms with Gasteiger partial charge in [0.1, 0.15) is 6.10 Å². The predicted octanol–water partition coefficient (Wildman–Crippen LogP) is 2.23. The van der Waals surface area contributed by atoms with Crippen molar-refractivity contribution in [2.75, 3.05) is 26.7 Å². The average Bonchev–Trinajstić information content (AvgIpc) is 2.98. The van der Waals surface area contributed by atoms with Gasteiger partial charge in [0.05, 0.1) is 4.34 Å². The molecular formula is C15H24ClIN4O2S. The number of piperidine rings is 1. The van der Waals surface area contributed by atoms with E-state index in [1.165, 1.54) is 11.3 Å². The van der Waals surface area contributed by atoms with Crippen LogP contribution in [0.25, 0.3) is 0 Å². The molecule has 1 aliphatic heterocycles. The molecule has 2 rings (SSSR count). The number of aliphatic imine (C=N–C) groups is 1. The summed E-state index contributed by atoms with van der Waals surface area (Å²) in [5.74, 6) is 0.789. The van der Waals surface area contributed by atoms with Crippen LogP contribution in [-0.4, -0.2) is 54.6 Å². The van der Waals surface area contributed by atoms with Crippen molar-refractivity contribution in [1.29, 1.82) is 0 Å². The molecule has 1 aliphatic rings. The summed E-state index contributed by atoms with van der Waals surface area (Å²) in [5, 5.41) is 16.6. The number of hydrogen-bond acceptors (Lipinski definition) is 4. The first kappa shape index (κ1) is 21.5. The van der Waals surface area contributed by atoms with E-state index < -0.39 is 6.10 Å². The third kappa shape index (κ3) is 6.38. The number of carbonyl (C=O) groups is 1. The summed E-state index contributed by atoms with van der Waals surface area (Å²) in [4.78, 5) is 18.2. The van der Waals surface area contributed by atoms with Crippen LogP contribution in [0.2, 0.25) is 4.34 Å². The lowest BCUT2D eigenvalue weighted by atomic mass is 10.1. The summed E-state index contributed by atoms with van der Waals surface area (Å²) in [6, 6.07) is 3.89. The van der Waals surface area contributed by atoms with Gasteiger partial charge < -0.3 is 20.6 Å². The second-order valence-corrected chi connectivity index (χ2v) is 7.28. The van der Waals surface area contributed by atoms with Gasteiger partial charge in [-0.25, -0.2) is 0 Å². The van der Waals surface area contributed by atoms with Gasteiger partial charge in [-0.05, 0) is 25.0 Å². The van der Waals surface area contributed by atoms with Gasteiger partial charge in [-0.2, -0.15) is 0 Å². The third-order valence-corrected chi connectivity index (χ3v) is 5.22. The minimum atomic E-state index is -0.620. The number of guanidine groups is 1. The number of hydrogen-bond donors (Lipinski definition) is 3. The number of aliphatic hydroxyl groups is 1. The molecule has 1 saturated heterocycles. The van der Waals surface area contributed by atoms with Gasteiger partial charge in [0.15, 0.2) is 5.96 Å². The highest BCUT2D eigenvalue weighted by Crippen LogP contribution is 2.26. The van der Waals surface area contributed by atoms with E-state index in [2.05, 4.69) is 15.6 Å². The van der Waals surface area contributed by atoms with Gasteiger partial charge in [-0.3, -0.25) is 9.79 Å². The van der Waals surface area contributed by atoms with Gasteiger partial charge in [0.25, 0.3) is 0 Å². The molecular weight excluding hydrogens is 463 g/mol. The van der Waals surface area contributed by atoms with E-state index in [-0.39, 0.29) is 35.9 Å². The molecule has 24 heavy (non-hydrogen) atoms. The zero-order valence-corrected chi connectivity index (χ0v) is 17.7. The van der Waals surface area contributed by atoms with Crippen molar-refractivity contribution in [1.82, 2.24) is 15.5 Å². The molecule has 1 fully saturated rings. The van der Waals surface area contributed by atoms with E-state index in [0.29, 0.717) is 16.8 Å². The average molecular weight is 487 g/mol. The van der Waals surface area contributed by atoms with Crippen LogP contribution in [0.15, 0.2) is 17.1 Å². The number of amides is 1. The maximum absolute atomic E-state index is 11.3. The molecule has 0 aromatic carbocycles. The maximum Gasteiger partial charge on any atom is 0.219 e. The van der Waals surface area contributed by atoms with Crippen LogP contribution in [0, 0.1) is 0 Å². The summed E-state index contributed by atoms with van der Waals surface area (Å²) < 4.78 is 0.666. The summed E-state index contributed by atoms with van der Waals surface area (Å²) in [7, 11) is 1.70. The largest absolute Gasteiger partial charge is 0.386 e. The van der Waals surface area contributed by atoms with Gasteiger partial charge in [0.2, 0.25) is 5.91 Å². The van der Waals surface area contributed by atoms with Crippen LogP contribution in [0.5, 0.6) is 0 Å². The number of carbonyl (C=O) groups excluding carboxylic acids is 1. The maximum atomic E-state index is 11.3. The topological polar surface area (TPSA) is 77.0 Å². The second-order valence-electron chi connectivity index (χ2n) is 5.54. The number of thiophene rings is 1. The van der Waals surface area contributed by atoms with Crippen molar-refractivity contribution in [3.63, 3.8) is 0 Å². The lowest BCUT2D eigenvalue weighted by molar-refractivity contribution is -0.129. The molecule has 136 valence electrons. The highest BCUT2D eigenvalue weighted by atomic mass is 127. The third-order valence-electron chi connectivity index (χ3n) is 3.89. The zero-order chi connectivity index (χ0) is 16.8. The second kappa shape index (κ2) is 10.4. The number of rotatable bonds is 4. The van der Waals surface area contributed by atoms with E-state index in [1.807, 2.05) is 11.0 Å². The van der Waals surface area contributed by atoms with E-state index in [1.54, 1.807) is 20.0 Å². The van der Waals surface area contributed by atoms with E-state index in [9.17, 15) is 9.90 Å². The molecule has 0 saturated carbocycles. The quantitative estimate of drug-likeness (QED) is 0.347. The molecule has 1 amide bonds. The Labute approximate surface area is 168 Å². The van der Waals surface area contributed by atoms with Crippen LogP contribution < -0.4 is 10.6 Å². The van der Waals surface area contributed by atoms with Gasteiger partial charge in [-0.1, -0.05) is 11.6 Å². The molecule has 0 radical (unpaired) electrons. The Morgan fingerprint density at radius 3 is 2.67 bits per heavy atom. The Morgan fingerprint density at radius 1 is 1.50 bits per heavy atom. The molecule has 0 spiro atoms. The zero-order valence-electron chi connectivity index (χ0n) is 13.8. The number of aliphatic hydroxyl groups excluding tert-OH is 1. The minimum Gasteiger partial charge on any atom is -0.386 e. The summed E-state index contributed by atoms with van der Waals surface area (Å²) >= 11 is 7.25. The lowest BCUT2D eigenvalue weighted by Crippen LogP contribution is -2.49. The Balaban J connectivity index is 0.00000288. The molecule has 6 nitrogen and oxygen atoms in total. The van der Waals surface area contributed by atoms with Gasteiger partial charge in [0, 0.05) is 44.5 Å². The monoisotopic (exact) mass is 486 g/mol. The van der Waals surface area contributed by atoms with Gasteiger partial charge >= 0.3 is 0 Å². The normalized spacial score (nSPS) is 17.2. The van der Waals surface area contributed by atoms with Crippen molar-refractivity contribution in [3.8, 4) is 0 Å². The summed E-state index contributed by atoms with van der Waals surface area (Å²) in [6.07, 6.45) is 1.16. The fourth-order valence-corrected chi connectivity index (χ4v) is 3.57. The SMILES string of the molecule is CN=C(NCC(O)c1ccc(Cl)s1)NC1CCN(C(C)=O)CC1.I. The molecule has 1 unspecified atom stereocenters. The first-order valence-corrected chi connectivity index (χ1v) is 8.85. The molecule has 1 aromatic rings. The number of nitrogens with zero attached hydrogens (tertiary/aromatic N) is 2. The van der Waals surface area contributed by atoms with Crippen LogP contribution >= 0.6 is 46.9 Å². The first-order valence-electron chi connectivity index (χ1n) is 7.65. The Kier molecular flexibility index (Phi) is 9.32. The number of nitrogens with one attached hydrogen (secondary N) is 2. The standard InChI is InChI=1S/C15H23ClN4O2S.HI/c1-10(21)20-7-5-11(6-8-20)19-15(17-2)18-9-12(22)13-3-4-14(16)23-13;/h3-4,11-12,22H,5-9H2,1-2H3,(H2,17,18,19);1H. The van der Waals surface area contributed by atoms with E-state index in [4.69, 9.17) is 11.6 Å². The fraction of sp³-hybridized carbons (Fsp3) is 0.600. The molecule has 0 bridgehead atoms. The molecule has 3 N–H and O–H groups in total. The highest BCUT2D eigenvalue weighted by molar-refractivity contribution is 14.0. The van der Waals surface area contributed by atoms with Crippen molar-refractivity contribution in [2.45, 2.75) is 31.9 Å². The van der Waals surface area contributed by atoms with Crippen LogP contribution in [0.4, 0.5) is 0 Å². The van der Waals surface area contributed by atoms with Crippen molar-refractivity contribution in [2.24, 2.45) is 4.99 Å². The van der Waals surface area contributed by atoms with Crippen LogP contribution in [0.1, 0.15) is 30.7 Å². The number of likely N-dealkylation sites (tertiary alicyclic amines) is 1. The molecule has 2 heterocycles. The number of halogens is 2. The van der Waals surface area contributed by atoms with E-state index in [0.717, 1.165) is 30.8 Å². The molecule has 0 aliphatic carbocycles. The highest BCUT2D eigenvalue weighted by Gasteiger charge is 2.21. The molecule has 1 atom stereocenters. The summed E-state index contributed by atoms with van der Waals surface area (Å²) in [5.41, 5.74) is 0. The van der Waals surface area contributed by atoms with Crippen molar-refractivity contribution in [3.05, 3.63) is 21.3 Å². The van der Waals surface area contributed by atoms with Crippen LogP contribution in [0.3, 0.4) is 0 Å². The van der Waals surface area contributed by atoms with Gasteiger partial charge in [-0.15, -0.1) is 35.3 Å². The van der Waals surface area contributed by atoms with Crippen molar-refractivity contribution >= 4 is 58.8 Å². The van der Waals surface area contributed by atoms with Crippen molar-refractivity contribution < 1.29 is 9.90 Å². The minimum absolute atomic E-state index is 0. The Hall–Kier alpha value is -0.580. The van der Waals surface area contributed by atoms with Crippen LogP contribution in [-0.2, 0) is 4.79 Å². The Bertz CT molecular complexity index is 561.